The molecule has 3 N–H and O–H groups in total. The maximum absolute atomic E-state index is 11.6. The first kappa shape index (κ1) is 13.1. The molecular formula is C13H15N3O3. The Hall–Kier alpha value is -2.34. The number of amides is 1. The number of nitrogens with zero attached hydrogens (tertiary/aromatic N) is 1. The molecule has 6 nitrogen and oxygen atoms in total. The molecule has 0 atom stereocenters. The number of nitrogens with one attached hydrogen (secondary N) is 1. The number of carbonyl (C=O) groups is 1. The first-order valence-electron chi connectivity index (χ1n) is 5.82. The van der Waals surface area contributed by atoms with E-state index in [9.17, 15) is 4.79 Å². The molecule has 1 aromatic heterocycles. The minimum Gasteiger partial charge on any atom is -0.484 e. The van der Waals surface area contributed by atoms with Crippen LogP contribution in [0.5, 0.6) is 5.75 Å². The Labute approximate surface area is 110 Å². The number of aryl methyl sites for hydroxylation is 1. The van der Waals surface area contributed by atoms with Gasteiger partial charge in [0.2, 0.25) is 0 Å². The Kier molecular flexibility index (Phi) is 4.15. The van der Waals surface area contributed by atoms with Crippen LogP contribution >= 0.6 is 0 Å². The van der Waals surface area contributed by atoms with Gasteiger partial charge in [-0.2, -0.15) is 0 Å². The van der Waals surface area contributed by atoms with Crippen molar-refractivity contribution in [2.24, 2.45) is 5.73 Å². The number of hydrogen-bond donors (Lipinski definition) is 2. The smallest absolute Gasteiger partial charge is 0.263 e. The van der Waals surface area contributed by atoms with Crippen LogP contribution in [0, 0.1) is 6.92 Å². The summed E-state index contributed by atoms with van der Waals surface area (Å²) in [5.41, 5.74) is 6.47. The zero-order valence-corrected chi connectivity index (χ0v) is 10.6. The fourth-order valence-electron chi connectivity index (χ4n) is 1.52. The van der Waals surface area contributed by atoms with E-state index in [1.807, 2.05) is 12.1 Å². The van der Waals surface area contributed by atoms with E-state index in [4.69, 9.17) is 15.0 Å². The maximum Gasteiger partial charge on any atom is 0.263 e. The Balaban J connectivity index is 1.86. The average molecular weight is 261 g/mol. The number of nitrogens with two attached hydrogens (primary N) is 1. The third kappa shape index (κ3) is 3.82. The first-order valence-corrected chi connectivity index (χ1v) is 5.82. The van der Waals surface area contributed by atoms with Crippen molar-refractivity contribution in [3.63, 3.8) is 0 Å². The average Bonchev–Trinajstić information content (AvgIpc) is 2.82. The predicted octanol–water partition coefficient (Wildman–Crippen LogP) is 1.46. The van der Waals surface area contributed by atoms with Crippen molar-refractivity contribution in [3.8, 4) is 5.75 Å². The lowest BCUT2D eigenvalue weighted by Gasteiger charge is -2.06. The number of hydrogen-bond acceptors (Lipinski definition) is 5. The van der Waals surface area contributed by atoms with Crippen LogP contribution in [0.4, 0.5) is 5.82 Å². The molecule has 0 aliphatic rings. The SMILES string of the molecule is Cc1cc(NC(=O)COc2cccc(CN)c2)no1. The van der Waals surface area contributed by atoms with Gasteiger partial charge in [0.1, 0.15) is 11.5 Å². The highest BCUT2D eigenvalue weighted by Crippen LogP contribution is 2.13. The van der Waals surface area contributed by atoms with Crippen LogP contribution in [-0.2, 0) is 11.3 Å². The van der Waals surface area contributed by atoms with Crippen molar-refractivity contribution < 1.29 is 14.1 Å². The monoisotopic (exact) mass is 261 g/mol. The van der Waals surface area contributed by atoms with Crippen LogP contribution in [0.25, 0.3) is 0 Å². The molecular weight excluding hydrogens is 246 g/mol. The van der Waals surface area contributed by atoms with Gasteiger partial charge in [-0.15, -0.1) is 0 Å². The van der Waals surface area contributed by atoms with Crippen molar-refractivity contribution in [1.29, 1.82) is 0 Å². The van der Waals surface area contributed by atoms with Gasteiger partial charge >= 0.3 is 0 Å². The summed E-state index contributed by atoms with van der Waals surface area (Å²) in [6.45, 7) is 2.08. The quantitative estimate of drug-likeness (QED) is 0.850. The van der Waals surface area contributed by atoms with E-state index in [2.05, 4.69) is 10.5 Å². The molecule has 1 aromatic carbocycles. The molecule has 0 spiro atoms. The fourth-order valence-corrected chi connectivity index (χ4v) is 1.52. The molecule has 0 saturated carbocycles. The Morgan fingerprint density at radius 2 is 2.32 bits per heavy atom. The molecule has 0 saturated heterocycles. The summed E-state index contributed by atoms with van der Waals surface area (Å²) in [5.74, 6) is 1.31. The zero-order valence-electron chi connectivity index (χ0n) is 10.6. The predicted molar refractivity (Wildman–Crippen MR) is 69.7 cm³/mol. The van der Waals surface area contributed by atoms with Crippen molar-refractivity contribution in [2.45, 2.75) is 13.5 Å². The molecule has 19 heavy (non-hydrogen) atoms. The van der Waals surface area contributed by atoms with E-state index in [-0.39, 0.29) is 12.5 Å². The number of aromatic nitrogens is 1. The number of carbonyl (C=O) groups excluding carboxylic acids is 1. The van der Waals surface area contributed by atoms with Crippen LogP contribution in [0.15, 0.2) is 34.9 Å². The van der Waals surface area contributed by atoms with Gasteiger partial charge in [0, 0.05) is 12.6 Å². The number of rotatable bonds is 5. The van der Waals surface area contributed by atoms with Gasteiger partial charge in [-0.3, -0.25) is 4.79 Å². The molecule has 0 aliphatic carbocycles. The van der Waals surface area contributed by atoms with Gasteiger partial charge in [0.15, 0.2) is 12.4 Å². The summed E-state index contributed by atoms with van der Waals surface area (Å²) in [6, 6.07) is 8.93. The van der Waals surface area contributed by atoms with Crippen LogP contribution in [0.2, 0.25) is 0 Å². The standard InChI is InChI=1S/C13H15N3O3/c1-9-5-12(16-19-9)15-13(17)8-18-11-4-2-3-10(6-11)7-14/h2-6H,7-8,14H2,1H3,(H,15,16,17). The number of anilines is 1. The lowest BCUT2D eigenvalue weighted by molar-refractivity contribution is -0.118. The highest BCUT2D eigenvalue weighted by Gasteiger charge is 2.07. The summed E-state index contributed by atoms with van der Waals surface area (Å²) < 4.78 is 10.2. The second-order valence-electron chi connectivity index (χ2n) is 4.01. The third-order valence-corrected chi connectivity index (χ3v) is 2.40. The van der Waals surface area contributed by atoms with Gasteiger partial charge in [0.25, 0.3) is 5.91 Å². The van der Waals surface area contributed by atoms with Crippen molar-refractivity contribution in [3.05, 3.63) is 41.7 Å². The third-order valence-electron chi connectivity index (χ3n) is 2.40. The zero-order chi connectivity index (χ0) is 13.7. The minimum absolute atomic E-state index is 0.0973. The van der Waals surface area contributed by atoms with Gasteiger partial charge in [-0.05, 0) is 24.6 Å². The summed E-state index contributed by atoms with van der Waals surface area (Å²) in [5, 5.41) is 6.23. The molecule has 2 aromatic rings. The fraction of sp³-hybridized carbons (Fsp3) is 0.231. The van der Waals surface area contributed by atoms with Gasteiger partial charge in [-0.25, -0.2) is 0 Å². The summed E-state index contributed by atoms with van der Waals surface area (Å²) in [6.07, 6.45) is 0. The second-order valence-corrected chi connectivity index (χ2v) is 4.01. The summed E-state index contributed by atoms with van der Waals surface area (Å²) in [7, 11) is 0. The number of benzene rings is 1. The lowest BCUT2D eigenvalue weighted by atomic mass is 10.2. The van der Waals surface area contributed by atoms with Crippen molar-refractivity contribution >= 4 is 11.7 Å². The molecule has 6 heteroatoms. The molecule has 100 valence electrons. The Bertz CT molecular complexity index is 566. The van der Waals surface area contributed by atoms with E-state index in [0.29, 0.717) is 23.9 Å². The molecule has 0 radical (unpaired) electrons. The van der Waals surface area contributed by atoms with Crippen molar-refractivity contribution in [1.82, 2.24) is 5.16 Å². The summed E-state index contributed by atoms with van der Waals surface area (Å²) in [4.78, 5) is 11.6. The van der Waals surface area contributed by atoms with Crippen molar-refractivity contribution in [2.75, 3.05) is 11.9 Å². The van der Waals surface area contributed by atoms with Gasteiger partial charge < -0.3 is 20.3 Å². The molecule has 1 amide bonds. The molecule has 0 fully saturated rings. The van der Waals surface area contributed by atoms with Crippen LogP contribution in [0.3, 0.4) is 0 Å². The lowest BCUT2D eigenvalue weighted by Crippen LogP contribution is -2.20. The number of ether oxygens (including phenoxy) is 1. The second kappa shape index (κ2) is 6.01. The van der Waals surface area contributed by atoms with E-state index < -0.39 is 0 Å². The van der Waals surface area contributed by atoms with E-state index in [1.54, 1.807) is 25.1 Å². The molecule has 0 bridgehead atoms. The normalized spacial score (nSPS) is 10.2. The van der Waals surface area contributed by atoms with E-state index in [0.717, 1.165) is 5.56 Å². The van der Waals surface area contributed by atoms with E-state index in [1.165, 1.54) is 0 Å². The van der Waals surface area contributed by atoms with Crippen LogP contribution in [-0.4, -0.2) is 17.7 Å². The molecule has 0 aliphatic heterocycles. The van der Waals surface area contributed by atoms with Crippen LogP contribution in [0.1, 0.15) is 11.3 Å². The highest BCUT2D eigenvalue weighted by atomic mass is 16.5. The maximum atomic E-state index is 11.6. The van der Waals surface area contributed by atoms with Crippen LogP contribution < -0.4 is 15.8 Å². The van der Waals surface area contributed by atoms with Gasteiger partial charge in [-0.1, -0.05) is 17.3 Å². The molecule has 0 unspecified atom stereocenters. The molecule has 2 rings (SSSR count). The largest absolute Gasteiger partial charge is 0.484 e. The minimum atomic E-state index is -0.300. The summed E-state index contributed by atoms with van der Waals surface area (Å²) >= 11 is 0. The van der Waals surface area contributed by atoms with Gasteiger partial charge in [0.05, 0.1) is 0 Å². The molecule has 1 heterocycles. The topological polar surface area (TPSA) is 90.4 Å². The first-order chi connectivity index (χ1) is 9.17. The Morgan fingerprint density at radius 3 is 3.00 bits per heavy atom. The Morgan fingerprint density at radius 1 is 1.47 bits per heavy atom. The highest BCUT2D eigenvalue weighted by molar-refractivity contribution is 5.90. The van der Waals surface area contributed by atoms with E-state index >= 15 is 0 Å².